The lowest BCUT2D eigenvalue weighted by Crippen LogP contribution is -2.11. The molecule has 0 amide bonds. The van der Waals surface area contributed by atoms with Crippen LogP contribution in [0.1, 0.15) is 10.4 Å². The van der Waals surface area contributed by atoms with E-state index in [2.05, 4.69) is 5.10 Å². The molecule has 0 saturated carbocycles. The van der Waals surface area contributed by atoms with E-state index in [0.717, 1.165) is 17.6 Å². The number of carboxylic acids is 1. The summed E-state index contributed by atoms with van der Waals surface area (Å²) in [7, 11) is -3.17. The van der Waals surface area contributed by atoms with Crippen LogP contribution in [0.4, 0.5) is 0 Å². The molecule has 0 atom stereocenters. The molecule has 0 aliphatic carbocycles. The van der Waals surface area contributed by atoms with Gasteiger partial charge in [0.05, 0.1) is 16.6 Å². The minimum Gasteiger partial charge on any atom is -0.478 e. The molecule has 1 N–H and O–H groups in total. The number of aromatic carboxylic acids is 1. The number of nitrogens with zero attached hydrogens (tertiary/aromatic N) is 2. The number of carbonyl (C=O) groups is 1. The highest BCUT2D eigenvalue weighted by Crippen LogP contribution is 2.38. The summed E-state index contributed by atoms with van der Waals surface area (Å²) in [5.74, 6) is -1.31. The summed E-state index contributed by atoms with van der Waals surface area (Å²) < 4.78 is 24.3. The first-order valence-electron chi connectivity index (χ1n) is 5.61. The lowest BCUT2D eigenvalue weighted by molar-refractivity contribution is 0.0697. The Morgan fingerprint density at radius 2 is 2.14 bits per heavy atom. The fourth-order valence-electron chi connectivity index (χ4n) is 1.65. The van der Waals surface area contributed by atoms with Crippen LogP contribution >= 0.6 is 34.5 Å². The Kier molecular flexibility index (Phi) is 4.62. The van der Waals surface area contributed by atoms with Crippen molar-refractivity contribution in [1.29, 1.82) is 0 Å². The number of halogens is 2. The maximum Gasteiger partial charge on any atom is 0.339 e. The molecule has 2 aromatic heterocycles. The van der Waals surface area contributed by atoms with Gasteiger partial charge >= 0.3 is 5.97 Å². The lowest BCUT2D eigenvalue weighted by Gasteiger charge is -1.99. The minimum atomic E-state index is -3.17. The van der Waals surface area contributed by atoms with Gasteiger partial charge in [-0.05, 0) is 6.07 Å². The van der Waals surface area contributed by atoms with E-state index in [-0.39, 0.29) is 23.6 Å². The second kappa shape index (κ2) is 5.96. The number of rotatable bonds is 5. The standard InChI is InChI=1S/C11H10Cl2N2O4S2/c1-21(18,19)3-2-15-5-7(11(16)17)9(14-15)6-4-8(12)20-10(6)13/h4-5H,2-3H2,1H3,(H,16,17). The molecule has 0 radical (unpaired) electrons. The monoisotopic (exact) mass is 368 g/mol. The van der Waals surface area contributed by atoms with Gasteiger partial charge in [-0.2, -0.15) is 5.10 Å². The predicted molar refractivity (Wildman–Crippen MR) is 82.2 cm³/mol. The molecule has 2 aromatic rings. The van der Waals surface area contributed by atoms with Crippen LogP contribution in [0.5, 0.6) is 0 Å². The first kappa shape index (κ1) is 16.3. The van der Waals surface area contributed by atoms with E-state index in [1.807, 2.05) is 0 Å². The maximum absolute atomic E-state index is 11.3. The van der Waals surface area contributed by atoms with Crippen molar-refractivity contribution in [2.24, 2.45) is 0 Å². The van der Waals surface area contributed by atoms with Gasteiger partial charge in [0, 0.05) is 18.0 Å². The number of hydrogen-bond donors (Lipinski definition) is 1. The molecular weight excluding hydrogens is 359 g/mol. The highest BCUT2D eigenvalue weighted by molar-refractivity contribution is 7.90. The van der Waals surface area contributed by atoms with Crippen molar-refractivity contribution in [3.63, 3.8) is 0 Å². The SMILES string of the molecule is CS(=O)(=O)CCn1cc(C(=O)O)c(-c2cc(Cl)sc2Cl)n1. The molecule has 0 saturated heterocycles. The summed E-state index contributed by atoms with van der Waals surface area (Å²) in [6.45, 7) is 0.0641. The number of aromatic nitrogens is 2. The molecule has 0 bridgehead atoms. The van der Waals surface area contributed by atoms with Gasteiger partial charge in [0.15, 0.2) is 0 Å². The van der Waals surface area contributed by atoms with Gasteiger partial charge in [0.1, 0.15) is 25.4 Å². The molecule has 2 rings (SSSR count). The second-order valence-electron chi connectivity index (χ2n) is 4.33. The third kappa shape index (κ3) is 3.97. The molecule has 0 aliphatic heterocycles. The molecule has 0 aromatic carbocycles. The number of thiophene rings is 1. The van der Waals surface area contributed by atoms with E-state index in [0.29, 0.717) is 14.2 Å². The molecule has 0 unspecified atom stereocenters. The van der Waals surface area contributed by atoms with Crippen LogP contribution in [0, 0.1) is 0 Å². The van der Waals surface area contributed by atoms with Gasteiger partial charge in [0.2, 0.25) is 0 Å². The number of carboxylic acid groups (broad SMARTS) is 1. The highest BCUT2D eigenvalue weighted by atomic mass is 35.5. The van der Waals surface area contributed by atoms with E-state index in [4.69, 9.17) is 23.2 Å². The van der Waals surface area contributed by atoms with Crippen molar-refractivity contribution in [3.8, 4) is 11.3 Å². The average Bonchev–Trinajstić information content (AvgIpc) is 2.89. The first-order chi connectivity index (χ1) is 9.67. The average molecular weight is 369 g/mol. The molecule has 0 spiro atoms. The fourth-order valence-corrected chi connectivity index (χ4v) is 3.64. The maximum atomic E-state index is 11.3. The normalized spacial score (nSPS) is 11.8. The van der Waals surface area contributed by atoms with Gasteiger partial charge < -0.3 is 5.11 Å². The summed E-state index contributed by atoms with van der Waals surface area (Å²) in [5, 5.41) is 13.3. The summed E-state index contributed by atoms with van der Waals surface area (Å²) in [6.07, 6.45) is 2.38. The smallest absolute Gasteiger partial charge is 0.339 e. The van der Waals surface area contributed by atoms with Crippen LogP contribution in [0.3, 0.4) is 0 Å². The van der Waals surface area contributed by atoms with Crippen molar-refractivity contribution >= 4 is 50.3 Å². The van der Waals surface area contributed by atoms with Gasteiger partial charge in [-0.15, -0.1) is 11.3 Å². The van der Waals surface area contributed by atoms with Crippen LogP contribution < -0.4 is 0 Å². The van der Waals surface area contributed by atoms with E-state index < -0.39 is 15.8 Å². The van der Waals surface area contributed by atoms with Gasteiger partial charge in [-0.1, -0.05) is 23.2 Å². The quantitative estimate of drug-likeness (QED) is 0.875. The zero-order valence-electron chi connectivity index (χ0n) is 10.7. The van der Waals surface area contributed by atoms with Crippen LogP contribution in [-0.2, 0) is 16.4 Å². The van der Waals surface area contributed by atoms with Crippen molar-refractivity contribution in [2.75, 3.05) is 12.0 Å². The Hall–Kier alpha value is -1.09. The summed E-state index contributed by atoms with van der Waals surface area (Å²) in [5.41, 5.74) is 0.534. The molecule has 0 aliphatic rings. The molecule has 10 heteroatoms. The summed E-state index contributed by atoms with van der Waals surface area (Å²) in [6, 6.07) is 1.53. The predicted octanol–water partition coefficient (Wildman–Crippen LogP) is 2.66. The van der Waals surface area contributed by atoms with Crippen LogP contribution in [-0.4, -0.2) is 41.3 Å². The topological polar surface area (TPSA) is 89.3 Å². The van der Waals surface area contributed by atoms with Crippen LogP contribution in [0.2, 0.25) is 8.67 Å². The number of aryl methyl sites for hydroxylation is 1. The Morgan fingerprint density at radius 3 is 2.62 bits per heavy atom. The Bertz CT molecular complexity index is 795. The fraction of sp³-hybridized carbons (Fsp3) is 0.273. The molecule has 0 fully saturated rings. The second-order valence-corrected chi connectivity index (χ2v) is 8.87. The Morgan fingerprint density at radius 1 is 1.48 bits per heavy atom. The van der Waals surface area contributed by atoms with Gasteiger partial charge in [-0.25, -0.2) is 13.2 Å². The number of hydrogen-bond acceptors (Lipinski definition) is 5. The van der Waals surface area contributed by atoms with Gasteiger partial charge in [0.25, 0.3) is 0 Å². The Labute approximate surface area is 134 Å². The third-order valence-electron chi connectivity index (χ3n) is 2.60. The van der Waals surface area contributed by atoms with Crippen LogP contribution in [0.15, 0.2) is 12.3 Å². The third-order valence-corrected chi connectivity index (χ3v) is 5.01. The van der Waals surface area contributed by atoms with Crippen molar-refractivity contribution in [1.82, 2.24) is 9.78 Å². The van der Waals surface area contributed by atoms with Gasteiger partial charge in [-0.3, -0.25) is 4.68 Å². The van der Waals surface area contributed by atoms with E-state index >= 15 is 0 Å². The van der Waals surface area contributed by atoms with E-state index in [1.54, 1.807) is 0 Å². The molecule has 114 valence electrons. The van der Waals surface area contributed by atoms with E-state index in [9.17, 15) is 18.3 Å². The zero-order chi connectivity index (χ0) is 15.8. The van der Waals surface area contributed by atoms with E-state index in [1.165, 1.54) is 16.9 Å². The Balaban J connectivity index is 2.43. The minimum absolute atomic E-state index is 0.0557. The first-order valence-corrected chi connectivity index (χ1v) is 9.24. The molecule has 2 heterocycles. The highest BCUT2D eigenvalue weighted by Gasteiger charge is 2.21. The summed E-state index contributed by atoms with van der Waals surface area (Å²) in [4.78, 5) is 11.3. The molecule has 21 heavy (non-hydrogen) atoms. The lowest BCUT2D eigenvalue weighted by atomic mass is 10.1. The number of sulfone groups is 1. The molecule has 6 nitrogen and oxygen atoms in total. The van der Waals surface area contributed by atoms with Crippen molar-refractivity contribution in [3.05, 3.63) is 26.5 Å². The zero-order valence-corrected chi connectivity index (χ0v) is 13.9. The largest absolute Gasteiger partial charge is 0.478 e. The van der Waals surface area contributed by atoms with Crippen LogP contribution in [0.25, 0.3) is 11.3 Å². The molecular formula is C11H10Cl2N2O4S2. The summed E-state index contributed by atoms with van der Waals surface area (Å²) >= 11 is 13.0. The van der Waals surface area contributed by atoms with Crippen molar-refractivity contribution in [2.45, 2.75) is 6.54 Å². The van der Waals surface area contributed by atoms with Crippen molar-refractivity contribution < 1.29 is 18.3 Å².